The Bertz CT molecular complexity index is 1170. The van der Waals surface area contributed by atoms with Crippen molar-refractivity contribution < 1.29 is 18.3 Å². The van der Waals surface area contributed by atoms with Crippen LogP contribution < -0.4 is 0 Å². The third-order valence-corrected chi connectivity index (χ3v) is 5.19. The van der Waals surface area contributed by atoms with Gasteiger partial charge in [0.2, 0.25) is 0 Å². The summed E-state index contributed by atoms with van der Waals surface area (Å²) in [7, 11) is 0. The topological polar surface area (TPSA) is 65.2 Å². The average Bonchev–Trinajstić information content (AvgIpc) is 3.44. The molecule has 0 bridgehead atoms. The van der Waals surface area contributed by atoms with Gasteiger partial charge >= 0.3 is 5.97 Å². The third kappa shape index (κ3) is 4.82. The van der Waals surface area contributed by atoms with Gasteiger partial charge in [-0.1, -0.05) is 41.9 Å². The second-order valence-electron chi connectivity index (χ2n) is 6.17. The van der Waals surface area contributed by atoms with Crippen LogP contribution in [0.25, 0.3) is 22.4 Å². The van der Waals surface area contributed by atoms with Gasteiger partial charge in [-0.2, -0.15) is 0 Å². The maximum Gasteiger partial charge on any atom is 0.339 e. The highest BCUT2D eigenvalue weighted by Crippen LogP contribution is 2.24. The van der Waals surface area contributed by atoms with Crippen molar-refractivity contribution in [2.24, 2.45) is 0 Å². The highest BCUT2D eigenvalue weighted by Gasteiger charge is 2.17. The van der Waals surface area contributed by atoms with Crippen molar-refractivity contribution in [3.8, 4) is 10.8 Å². The molecule has 0 aliphatic carbocycles. The molecule has 30 heavy (non-hydrogen) atoms. The van der Waals surface area contributed by atoms with Crippen molar-refractivity contribution in [1.82, 2.24) is 10.2 Å². The normalized spacial score (nSPS) is 11.5. The van der Waals surface area contributed by atoms with Gasteiger partial charge in [-0.3, -0.25) is 0 Å². The largest absolute Gasteiger partial charge is 0.452 e. The van der Waals surface area contributed by atoms with Crippen LogP contribution >= 0.6 is 22.9 Å². The standard InChI is InChI=1S/C22H14ClFN2O3S/c23-16-7-3-14(4-8-16)12-18(15-5-9-17(24)10-6-15)22(27)28-13-20-25-26-21(29-20)19-2-1-11-30-19/h1-12H,13H2/b18-12+. The van der Waals surface area contributed by atoms with Crippen LogP contribution in [0.4, 0.5) is 4.39 Å². The van der Waals surface area contributed by atoms with E-state index in [0.717, 1.165) is 10.4 Å². The molecule has 5 nitrogen and oxygen atoms in total. The Labute approximate surface area is 180 Å². The lowest BCUT2D eigenvalue weighted by atomic mass is 10.0. The van der Waals surface area contributed by atoms with E-state index in [1.54, 1.807) is 30.3 Å². The first-order valence-corrected chi connectivity index (χ1v) is 10.1. The van der Waals surface area contributed by atoms with E-state index >= 15 is 0 Å². The van der Waals surface area contributed by atoms with E-state index in [-0.39, 0.29) is 18.1 Å². The zero-order valence-electron chi connectivity index (χ0n) is 15.4. The molecular formula is C22H14ClFN2O3S. The zero-order valence-corrected chi connectivity index (χ0v) is 17.0. The minimum Gasteiger partial charge on any atom is -0.452 e. The molecule has 0 saturated heterocycles. The van der Waals surface area contributed by atoms with E-state index in [9.17, 15) is 9.18 Å². The van der Waals surface area contributed by atoms with Crippen molar-refractivity contribution in [1.29, 1.82) is 0 Å². The van der Waals surface area contributed by atoms with Crippen LogP contribution in [0.15, 0.2) is 70.5 Å². The van der Waals surface area contributed by atoms with Crippen molar-refractivity contribution in [2.45, 2.75) is 6.61 Å². The minimum atomic E-state index is -0.604. The van der Waals surface area contributed by atoms with Crippen LogP contribution in [0.3, 0.4) is 0 Å². The van der Waals surface area contributed by atoms with Gasteiger partial charge in [-0.15, -0.1) is 21.5 Å². The van der Waals surface area contributed by atoms with Crippen LogP contribution in [0.2, 0.25) is 5.02 Å². The van der Waals surface area contributed by atoms with Crippen LogP contribution in [0.5, 0.6) is 0 Å². The van der Waals surface area contributed by atoms with E-state index in [4.69, 9.17) is 20.8 Å². The molecule has 0 spiro atoms. The number of nitrogens with zero attached hydrogens (tertiary/aromatic N) is 2. The summed E-state index contributed by atoms with van der Waals surface area (Å²) >= 11 is 7.39. The van der Waals surface area contributed by atoms with Gasteiger partial charge in [-0.05, 0) is 52.9 Å². The summed E-state index contributed by atoms with van der Waals surface area (Å²) in [5.41, 5.74) is 1.52. The summed E-state index contributed by atoms with van der Waals surface area (Å²) in [6, 6.07) is 16.3. The molecule has 0 amide bonds. The minimum absolute atomic E-state index is 0.177. The molecule has 4 rings (SSSR count). The first-order valence-electron chi connectivity index (χ1n) is 8.85. The maximum absolute atomic E-state index is 13.3. The smallest absolute Gasteiger partial charge is 0.339 e. The Balaban J connectivity index is 1.55. The first-order chi connectivity index (χ1) is 14.6. The molecule has 0 atom stereocenters. The highest BCUT2D eigenvalue weighted by molar-refractivity contribution is 7.13. The number of ether oxygens (including phenoxy) is 1. The van der Waals surface area contributed by atoms with Crippen molar-refractivity contribution >= 4 is 40.6 Å². The van der Waals surface area contributed by atoms with Crippen molar-refractivity contribution in [3.05, 3.63) is 93.9 Å². The van der Waals surface area contributed by atoms with Gasteiger partial charge in [0.05, 0.1) is 10.5 Å². The van der Waals surface area contributed by atoms with Crippen molar-refractivity contribution in [2.75, 3.05) is 0 Å². The lowest BCUT2D eigenvalue weighted by Crippen LogP contribution is -2.07. The molecule has 0 fully saturated rings. The second kappa shape index (κ2) is 9.02. The van der Waals surface area contributed by atoms with E-state index in [1.807, 2.05) is 17.5 Å². The molecule has 150 valence electrons. The summed E-state index contributed by atoms with van der Waals surface area (Å²) in [6.07, 6.45) is 1.65. The number of aromatic nitrogens is 2. The van der Waals surface area contributed by atoms with E-state index < -0.39 is 11.8 Å². The second-order valence-corrected chi connectivity index (χ2v) is 7.55. The molecule has 2 heterocycles. The Morgan fingerprint density at radius 2 is 1.87 bits per heavy atom. The zero-order chi connectivity index (χ0) is 20.9. The predicted molar refractivity (Wildman–Crippen MR) is 113 cm³/mol. The Hall–Kier alpha value is -3.29. The molecule has 4 aromatic rings. The highest BCUT2D eigenvalue weighted by atomic mass is 35.5. The number of thiophene rings is 1. The lowest BCUT2D eigenvalue weighted by Gasteiger charge is -2.08. The van der Waals surface area contributed by atoms with Crippen LogP contribution in [0, 0.1) is 5.82 Å². The monoisotopic (exact) mass is 440 g/mol. The number of hydrogen-bond acceptors (Lipinski definition) is 6. The van der Waals surface area contributed by atoms with Gasteiger partial charge in [0.1, 0.15) is 5.82 Å². The van der Waals surface area contributed by atoms with Gasteiger partial charge in [-0.25, -0.2) is 9.18 Å². The summed E-state index contributed by atoms with van der Waals surface area (Å²) in [5, 5.41) is 10.3. The fourth-order valence-electron chi connectivity index (χ4n) is 2.63. The fourth-order valence-corrected chi connectivity index (χ4v) is 3.40. The molecule has 2 aromatic heterocycles. The predicted octanol–water partition coefficient (Wildman–Crippen LogP) is 5.87. The number of carbonyl (C=O) groups is 1. The number of hydrogen-bond donors (Lipinski definition) is 0. The molecule has 0 unspecified atom stereocenters. The summed E-state index contributed by atoms with van der Waals surface area (Å²) in [4.78, 5) is 13.6. The Morgan fingerprint density at radius 3 is 2.57 bits per heavy atom. The SMILES string of the molecule is O=C(OCc1nnc(-c2cccs2)o1)/C(=C/c1ccc(Cl)cc1)c1ccc(F)cc1. The molecule has 2 aromatic carbocycles. The Morgan fingerprint density at radius 1 is 1.10 bits per heavy atom. The first kappa shape index (κ1) is 20.0. The molecule has 8 heteroatoms. The Kier molecular flexibility index (Phi) is 6.02. The van der Waals surface area contributed by atoms with Gasteiger partial charge in [0.15, 0.2) is 6.61 Å². The van der Waals surface area contributed by atoms with Gasteiger partial charge in [0.25, 0.3) is 11.8 Å². The van der Waals surface area contributed by atoms with Gasteiger partial charge in [0, 0.05) is 5.02 Å². The van der Waals surface area contributed by atoms with Crippen molar-refractivity contribution in [3.63, 3.8) is 0 Å². The van der Waals surface area contributed by atoms with E-state index in [2.05, 4.69) is 10.2 Å². The molecule has 0 radical (unpaired) electrons. The molecule has 0 N–H and O–H groups in total. The van der Waals surface area contributed by atoms with E-state index in [1.165, 1.54) is 35.6 Å². The fraction of sp³-hybridized carbons (Fsp3) is 0.0455. The van der Waals surface area contributed by atoms with E-state index in [0.29, 0.717) is 16.5 Å². The lowest BCUT2D eigenvalue weighted by molar-refractivity contribution is -0.138. The molecule has 0 aliphatic rings. The summed E-state index contributed by atoms with van der Waals surface area (Å²) in [6.45, 7) is -0.184. The summed E-state index contributed by atoms with van der Waals surface area (Å²) in [5.74, 6) is -0.458. The quantitative estimate of drug-likeness (QED) is 0.213. The average molecular weight is 441 g/mol. The third-order valence-electron chi connectivity index (χ3n) is 4.08. The number of rotatable bonds is 6. The number of halogens is 2. The maximum atomic E-state index is 13.3. The van der Waals surface area contributed by atoms with Crippen LogP contribution in [-0.2, 0) is 16.1 Å². The number of carbonyl (C=O) groups excluding carboxylic acids is 1. The molecular weight excluding hydrogens is 427 g/mol. The summed E-state index contributed by atoms with van der Waals surface area (Å²) < 4.78 is 24.3. The molecule has 0 saturated carbocycles. The van der Waals surface area contributed by atoms with Gasteiger partial charge < -0.3 is 9.15 Å². The number of benzene rings is 2. The van der Waals surface area contributed by atoms with Crippen LogP contribution in [-0.4, -0.2) is 16.2 Å². The number of esters is 1. The van der Waals surface area contributed by atoms with Crippen LogP contribution in [0.1, 0.15) is 17.0 Å². The molecule has 0 aliphatic heterocycles.